The minimum Gasteiger partial charge on any atom is -0.410 e. The van der Waals surface area contributed by atoms with E-state index in [0.717, 1.165) is 6.42 Å². The van der Waals surface area contributed by atoms with Crippen LogP contribution in [0.4, 0.5) is 0 Å². The van der Waals surface area contributed by atoms with Gasteiger partial charge >= 0.3 is 0 Å². The van der Waals surface area contributed by atoms with Crippen LogP contribution in [-0.2, 0) is 4.43 Å². The summed E-state index contributed by atoms with van der Waals surface area (Å²) in [6.07, 6.45) is 2.64. The standard InChI is InChI=1S/C15H26OSi/c1-6-13(3)16-17(5,14(4)7-2)15-11-9-8-10-12-15/h8-14H,6-7H2,1-5H3. The van der Waals surface area contributed by atoms with Gasteiger partial charge in [0, 0.05) is 6.10 Å². The molecule has 2 heteroatoms. The molecule has 0 bridgehead atoms. The average Bonchev–Trinajstić information content (AvgIpc) is 2.38. The van der Waals surface area contributed by atoms with Crippen LogP contribution < -0.4 is 5.19 Å². The Kier molecular flexibility index (Phi) is 5.41. The Labute approximate surface area is 107 Å². The molecule has 0 heterocycles. The summed E-state index contributed by atoms with van der Waals surface area (Å²) in [5, 5.41) is 1.43. The molecular weight excluding hydrogens is 224 g/mol. The predicted molar refractivity (Wildman–Crippen MR) is 78.2 cm³/mol. The smallest absolute Gasteiger partial charge is 0.224 e. The Hall–Kier alpha value is -0.603. The summed E-state index contributed by atoms with van der Waals surface area (Å²) in [6, 6.07) is 10.8. The largest absolute Gasteiger partial charge is 0.410 e. The summed E-state index contributed by atoms with van der Waals surface area (Å²) in [4.78, 5) is 0. The van der Waals surface area contributed by atoms with Crippen molar-refractivity contribution in [3.63, 3.8) is 0 Å². The molecule has 0 amide bonds. The Morgan fingerprint density at radius 3 is 2.12 bits per heavy atom. The number of hydrogen-bond acceptors (Lipinski definition) is 1. The van der Waals surface area contributed by atoms with Gasteiger partial charge in [-0.3, -0.25) is 0 Å². The third-order valence-corrected chi connectivity index (χ3v) is 8.58. The third kappa shape index (κ3) is 3.43. The lowest BCUT2D eigenvalue weighted by Gasteiger charge is -2.35. The van der Waals surface area contributed by atoms with Crippen LogP contribution in [0, 0.1) is 0 Å². The van der Waals surface area contributed by atoms with Crippen molar-refractivity contribution in [1.82, 2.24) is 0 Å². The van der Waals surface area contributed by atoms with E-state index < -0.39 is 8.32 Å². The molecule has 0 spiro atoms. The number of hydrogen-bond donors (Lipinski definition) is 0. The summed E-state index contributed by atoms with van der Waals surface area (Å²) >= 11 is 0. The summed E-state index contributed by atoms with van der Waals surface area (Å²) in [5.74, 6) is 0. The van der Waals surface area contributed by atoms with Gasteiger partial charge in [0.1, 0.15) is 0 Å². The first-order valence-electron chi connectivity index (χ1n) is 6.77. The van der Waals surface area contributed by atoms with Gasteiger partial charge < -0.3 is 4.43 Å². The molecule has 0 aliphatic rings. The Morgan fingerprint density at radius 2 is 1.65 bits per heavy atom. The molecule has 0 aromatic heterocycles. The van der Waals surface area contributed by atoms with Crippen LogP contribution in [0.3, 0.4) is 0 Å². The maximum atomic E-state index is 6.46. The SMILES string of the molecule is CCC(C)O[Si](C)(c1ccccc1)C(C)CC. The van der Waals surface area contributed by atoms with Crippen LogP contribution in [0.5, 0.6) is 0 Å². The van der Waals surface area contributed by atoms with Crippen LogP contribution in [-0.4, -0.2) is 14.4 Å². The van der Waals surface area contributed by atoms with Crippen molar-refractivity contribution in [3.8, 4) is 0 Å². The molecule has 0 saturated carbocycles. The molecule has 3 unspecified atom stereocenters. The van der Waals surface area contributed by atoms with Crippen LogP contribution in [0.25, 0.3) is 0 Å². The Morgan fingerprint density at radius 1 is 1.06 bits per heavy atom. The number of rotatable bonds is 6. The van der Waals surface area contributed by atoms with E-state index in [0.29, 0.717) is 11.6 Å². The van der Waals surface area contributed by atoms with Crippen LogP contribution in [0.2, 0.25) is 12.1 Å². The summed E-state index contributed by atoms with van der Waals surface area (Å²) < 4.78 is 6.46. The van der Waals surface area contributed by atoms with Crippen LogP contribution in [0.1, 0.15) is 40.5 Å². The quantitative estimate of drug-likeness (QED) is 0.691. The second kappa shape index (κ2) is 6.36. The molecule has 0 aliphatic heterocycles. The van der Waals surface area contributed by atoms with E-state index in [9.17, 15) is 0 Å². The van der Waals surface area contributed by atoms with Gasteiger partial charge in [0.05, 0.1) is 0 Å². The lowest BCUT2D eigenvalue weighted by atomic mass is 10.3. The van der Waals surface area contributed by atoms with Crippen molar-refractivity contribution in [2.45, 2.75) is 58.7 Å². The van der Waals surface area contributed by atoms with Gasteiger partial charge in [-0.15, -0.1) is 0 Å². The zero-order chi connectivity index (χ0) is 12.9. The van der Waals surface area contributed by atoms with Gasteiger partial charge in [-0.25, -0.2) is 0 Å². The Balaban J connectivity index is 3.02. The lowest BCUT2D eigenvalue weighted by molar-refractivity contribution is 0.205. The van der Waals surface area contributed by atoms with E-state index in [4.69, 9.17) is 4.43 Å². The van der Waals surface area contributed by atoms with E-state index in [1.54, 1.807) is 0 Å². The highest BCUT2D eigenvalue weighted by atomic mass is 28.4. The van der Waals surface area contributed by atoms with Gasteiger partial charge in [-0.2, -0.15) is 0 Å². The van der Waals surface area contributed by atoms with Crippen molar-refractivity contribution in [1.29, 1.82) is 0 Å². The van der Waals surface area contributed by atoms with E-state index in [1.807, 2.05) is 0 Å². The van der Waals surface area contributed by atoms with E-state index in [1.165, 1.54) is 11.6 Å². The molecule has 0 fully saturated rings. The summed E-state index contributed by atoms with van der Waals surface area (Å²) in [5.41, 5.74) is 0.652. The fourth-order valence-electron chi connectivity index (χ4n) is 2.13. The molecular formula is C15H26OSi. The minimum absolute atomic E-state index is 0.362. The molecule has 0 saturated heterocycles. The van der Waals surface area contributed by atoms with Crippen LogP contribution in [0.15, 0.2) is 30.3 Å². The zero-order valence-electron chi connectivity index (χ0n) is 11.9. The maximum absolute atomic E-state index is 6.46. The molecule has 1 aromatic rings. The minimum atomic E-state index is -1.81. The second-order valence-corrected chi connectivity index (χ2v) is 9.13. The zero-order valence-corrected chi connectivity index (χ0v) is 12.9. The second-order valence-electron chi connectivity index (χ2n) is 5.12. The van der Waals surface area contributed by atoms with Crippen molar-refractivity contribution < 1.29 is 4.43 Å². The highest BCUT2D eigenvalue weighted by Gasteiger charge is 2.37. The molecule has 3 atom stereocenters. The van der Waals surface area contributed by atoms with Crippen molar-refractivity contribution in [2.24, 2.45) is 0 Å². The first kappa shape index (κ1) is 14.5. The van der Waals surface area contributed by atoms with Crippen LogP contribution >= 0.6 is 0 Å². The van der Waals surface area contributed by atoms with Gasteiger partial charge in [-0.1, -0.05) is 57.5 Å². The van der Waals surface area contributed by atoms with Crippen molar-refractivity contribution in [3.05, 3.63) is 30.3 Å². The van der Waals surface area contributed by atoms with Crippen molar-refractivity contribution >= 4 is 13.5 Å². The topological polar surface area (TPSA) is 9.23 Å². The first-order valence-corrected chi connectivity index (χ1v) is 9.26. The fourth-order valence-corrected chi connectivity index (χ4v) is 5.70. The molecule has 1 rings (SSSR count). The highest BCUT2D eigenvalue weighted by Crippen LogP contribution is 2.27. The highest BCUT2D eigenvalue weighted by molar-refractivity contribution is 6.86. The predicted octanol–water partition coefficient (Wildman–Crippen LogP) is 4.08. The van der Waals surface area contributed by atoms with E-state index in [-0.39, 0.29) is 0 Å². The summed E-state index contributed by atoms with van der Waals surface area (Å²) in [7, 11) is -1.81. The lowest BCUT2D eigenvalue weighted by Crippen LogP contribution is -2.52. The first-order chi connectivity index (χ1) is 8.04. The fraction of sp³-hybridized carbons (Fsp3) is 0.600. The van der Waals surface area contributed by atoms with E-state index >= 15 is 0 Å². The molecule has 96 valence electrons. The van der Waals surface area contributed by atoms with Crippen molar-refractivity contribution in [2.75, 3.05) is 0 Å². The third-order valence-electron chi connectivity index (χ3n) is 3.92. The molecule has 0 N–H and O–H groups in total. The monoisotopic (exact) mass is 250 g/mol. The average molecular weight is 250 g/mol. The van der Waals surface area contributed by atoms with Gasteiger partial charge in [0.15, 0.2) is 0 Å². The number of benzene rings is 1. The van der Waals surface area contributed by atoms with E-state index in [2.05, 4.69) is 64.6 Å². The molecule has 1 aromatic carbocycles. The van der Waals surface area contributed by atoms with Gasteiger partial charge in [-0.05, 0) is 30.6 Å². The van der Waals surface area contributed by atoms with Gasteiger partial charge in [0.2, 0.25) is 8.32 Å². The maximum Gasteiger partial charge on any atom is 0.224 e. The Bertz CT molecular complexity index is 325. The normalized spacial score (nSPS) is 18.4. The molecule has 17 heavy (non-hydrogen) atoms. The molecule has 1 nitrogen and oxygen atoms in total. The molecule has 0 aliphatic carbocycles. The van der Waals surface area contributed by atoms with Gasteiger partial charge in [0.25, 0.3) is 0 Å². The summed E-state index contributed by atoms with van der Waals surface area (Å²) in [6.45, 7) is 11.3. The molecule has 0 radical (unpaired) electrons.